The molecule has 32 heavy (non-hydrogen) atoms. The van der Waals surface area contributed by atoms with Gasteiger partial charge in [0.05, 0.1) is 17.3 Å². The number of nitrogens with zero attached hydrogens (tertiary/aromatic N) is 3. The van der Waals surface area contributed by atoms with Crippen LogP contribution in [0.25, 0.3) is 0 Å². The summed E-state index contributed by atoms with van der Waals surface area (Å²) in [4.78, 5) is 24.0. The zero-order valence-corrected chi connectivity index (χ0v) is 19.3. The molecule has 3 aromatic rings. The maximum absolute atomic E-state index is 12.8. The number of hydrogen-bond acceptors (Lipinski definition) is 5. The van der Waals surface area contributed by atoms with E-state index in [4.69, 9.17) is 4.74 Å². The van der Waals surface area contributed by atoms with Gasteiger partial charge in [-0.05, 0) is 61.2 Å². The molecule has 0 fully saturated rings. The van der Waals surface area contributed by atoms with Gasteiger partial charge < -0.3 is 4.74 Å². The summed E-state index contributed by atoms with van der Waals surface area (Å²) in [5.74, 6) is 0.782. The highest BCUT2D eigenvalue weighted by Gasteiger charge is 2.19. The molecule has 0 N–H and O–H groups in total. The molecule has 5 nitrogen and oxygen atoms in total. The summed E-state index contributed by atoms with van der Waals surface area (Å²) in [6.07, 6.45) is 5.20. The normalized spacial score (nSPS) is 12.2. The predicted molar refractivity (Wildman–Crippen MR) is 127 cm³/mol. The number of ether oxygens (including phenoxy) is 1. The summed E-state index contributed by atoms with van der Waals surface area (Å²) in [6.45, 7) is 8.43. The molecule has 3 rings (SSSR count). The predicted octanol–water partition coefficient (Wildman–Crippen LogP) is 5.31. The fraction of sp³-hybridized carbons (Fsp3) is 0.370. The number of para-hydroxylation sites is 1. The summed E-state index contributed by atoms with van der Waals surface area (Å²) >= 11 is 0. The highest BCUT2D eigenvalue weighted by molar-refractivity contribution is 5.75. The summed E-state index contributed by atoms with van der Waals surface area (Å²) in [6, 6.07) is 19.7. The lowest BCUT2D eigenvalue weighted by atomic mass is 10.0. The van der Waals surface area contributed by atoms with Crippen LogP contribution in [0.1, 0.15) is 44.1 Å². The van der Waals surface area contributed by atoms with Crippen molar-refractivity contribution in [1.82, 2.24) is 14.9 Å². The first-order valence-corrected chi connectivity index (χ1v) is 11.3. The standard InChI is InChI=1S/C27H33N3O2/c1-21(2)18-23-10-4-5-13-26(23)32-27(31)22(3)14-17-30(19-24-11-6-8-15-28-24)20-25-12-7-9-16-29-25/h4-13,15-16,21-22H,14,17-20H2,1-3H3. The lowest BCUT2D eigenvalue weighted by molar-refractivity contribution is -0.138. The molecule has 0 saturated heterocycles. The van der Waals surface area contributed by atoms with Crippen LogP contribution in [0, 0.1) is 11.8 Å². The van der Waals surface area contributed by atoms with Crippen molar-refractivity contribution in [3.05, 3.63) is 90.0 Å². The van der Waals surface area contributed by atoms with E-state index in [9.17, 15) is 4.79 Å². The number of rotatable bonds is 11. The van der Waals surface area contributed by atoms with Gasteiger partial charge in [-0.25, -0.2) is 0 Å². The van der Waals surface area contributed by atoms with Crippen LogP contribution in [0.2, 0.25) is 0 Å². The minimum atomic E-state index is -0.211. The van der Waals surface area contributed by atoms with Gasteiger partial charge in [0.1, 0.15) is 5.75 Å². The molecular weight excluding hydrogens is 398 g/mol. The van der Waals surface area contributed by atoms with Crippen molar-refractivity contribution >= 4 is 5.97 Å². The van der Waals surface area contributed by atoms with Gasteiger partial charge in [0.25, 0.3) is 0 Å². The van der Waals surface area contributed by atoms with E-state index >= 15 is 0 Å². The first-order valence-electron chi connectivity index (χ1n) is 11.3. The molecule has 0 bridgehead atoms. The van der Waals surface area contributed by atoms with E-state index in [0.29, 0.717) is 31.2 Å². The van der Waals surface area contributed by atoms with Crippen molar-refractivity contribution in [1.29, 1.82) is 0 Å². The second-order valence-electron chi connectivity index (χ2n) is 8.67. The van der Waals surface area contributed by atoms with Crippen LogP contribution >= 0.6 is 0 Å². The second kappa shape index (κ2) is 12.1. The van der Waals surface area contributed by atoms with Gasteiger partial charge in [-0.1, -0.05) is 51.1 Å². The van der Waals surface area contributed by atoms with Crippen LogP contribution in [0.5, 0.6) is 5.75 Å². The maximum Gasteiger partial charge on any atom is 0.314 e. The largest absolute Gasteiger partial charge is 0.426 e. The van der Waals surface area contributed by atoms with Crippen molar-refractivity contribution in [2.45, 2.75) is 46.7 Å². The summed E-state index contributed by atoms with van der Waals surface area (Å²) in [5, 5.41) is 0. The molecule has 0 aliphatic rings. The second-order valence-corrected chi connectivity index (χ2v) is 8.67. The van der Waals surface area contributed by atoms with Crippen molar-refractivity contribution in [3.8, 4) is 5.75 Å². The van der Waals surface area contributed by atoms with Gasteiger partial charge in [-0.15, -0.1) is 0 Å². The minimum Gasteiger partial charge on any atom is -0.426 e. The number of benzene rings is 1. The molecule has 0 saturated carbocycles. The third kappa shape index (κ3) is 7.57. The molecule has 2 aromatic heterocycles. The molecule has 168 valence electrons. The molecule has 1 atom stereocenters. The highest BCUT2D eigenvalue weighted by atomic mass is 16.5. The molecule has 0 amide bonds. The zero-order chi connectivity index (χ0) is 22.8. The van der Waals surface area contributed by atoms with Gasteiger partial charge in [0.2, 0.25) is 0 Å². The van der Waals surface area contributed by atoms with E-state index in [-0.39, 0.29) is 11.9 Å². The quantitative estimate of drug-likeness (QED) is 0.304. The summed E-state index contributed by atoms with van der Waals surface area (Å²) in [5.41, 5.74) is 3.08. The van der Waals surface area contributed by atoms with Crippen LogP contribution < -0.4 is 4.74 Å². The third-order valence-electron chi connectivity index (χ3n) is 5.32. The van der Waals surface area contributed by atoms with Crippen molar-refractivity contribution in [3.63, 3.8) is 0 Å². The molecule has 0 aliphatic heterocycles. The van der Waals surface area contributed by atoms with E-state index in [1.807, 2.05) is 80.0 Å². The molecule has 5 heteroatoms. The van der Waals surface area contributed by atoms with Gasteiger partial charge in [0, 0.05) is 25.5 Å². The maximum atomic E-state index is 12.8. The Morgan fingerprint density at radius 3 is 2.03 bits per heavy atom. The number of esters is 1. The van der Waals surface area contributed by atoms with Crippen LogP contribution in [0.4, 0.5) is 0 Å². The Kier molecular flexibility index (Phi) is 8.93. The summed E-state index contributed by atoms with van der Waals surface area (Å²) in [7, 11) is 0. The Morgan fingerprint density at radius 1 is 0.875 bits per heavy atom. The fourth-order valence-corrected chi connectivity index (χ4v) is 3.57. The van der Waals surface area contributed by atoms with Crippen LogP contribution in [-0.4, -0.2) is 27.4 Å². The Bertz CT molecular complexity index is 919. The molecule has 0 aliphatic carbocycles. The topological polar surface area (TPSA) is 55.3 Å². The van der Waals surface area contributed by atoms with Crippen LogP contribution in [-0.2, 0) is 24.3 Å². The monoisotopic (exact) mass is 431 g/mol. The van der Waals surface area contributed by atoms with Crippen LogP contribution in [0.3, 0.4) is 0 Å². The lowest BCUT2D eigenvalue weighted by Gasteiger charge is -2.23. The van der Waals surface area contributed by atoms with Gasteiger partial charge >= 0.3 is 5.97 Å². The summed E-state index contributed by atoms with van der Waals surface area (Å²) < 4.78 is 5.79. The Hall–Kier alpha value is -3.05. The van der Waals surface area contributed by atoms with E-state index < -0.39 is 0 Å². The van der Waals surface area contributed by atoms with Gasteiger partial charge in [-0.3, -0.25) is 19.7 Å². The van der Waals surface area contributed by atoms with Crippen molar-refractivity contribution in [2.75, 3.05) is 6.54 Å². The van der Waals surface area contributed by atoms with Gasteiger partial charge in [0.15, 0.2) is 0 Å². The molecule has 1 aromatic carbocycles. The number of carbonyl (C=O) groups is 1. The molecule has 0 radical (unpaired) electrons. The molecular formula is C27H33N3O2. The highest BCUT2D eigenvalue weighted by Crippen LogP contribution is 2.23. The Balaban J connectivity index is 1.61. The minimum absolute atomic E-state index is 0.183. The van der Waals surface area contributed by atoms with E-state index in [1.54, 1.807) is 0 Å². The smallest absolute Gasteiger partial charge is 0.314 e. The van der Waals surface area contributed by atoms with Crippen LogP contribution in [0.15, 0.2) is 73.1 Å². The fourth-order valence-electron chi connectivity index (χ4n) is 3.57. The number of pyridine rings is 2. The Morgan fingerprint density at radius 2 is 1.47 bits per heavy atom. The third-order valence-corrected chi connectivity index (χ3v) is 5.32. The van der Waals surface area contributed by atoms with E-state index in [1.165, 1.54) is 0 Å². The number of hydrogen-bond donors (Lipinski definition) is 0. The lowest BCUT2D eigenvalue weighted by Crippen LogP contribution is -2.28. The number of aromatic nitrogens is 2. The van der Waals surface area contributed by atoms with E-state index in [2.05, 4.69) is 28.7 Å². The SMILES string of the molecule is CC(C)Cc1ccccc1OC(=O)C(C)CCN(Cc1ccccn1)Cc1ccccn1. The van der Waals surface area contributed by atoms with Crippen molar-refractivity contribution < 1.29 is 9.53 Å². The zero-order valence-electron chi connectivity index (χ0n) is 19.3. The first kappa shape index (κ1) is 23.6. The molecule has 1 unspecified atom stereocenters. The first-order chi connectivity index (χ1) is 15.5. The average Bonchev–Trinajstić information content (AvgIpc) is 2.79. The molecule has 0 spiro atoms. The molecule has 2 heterocycles. The van der Waals surface area contributed by atoms with E-state index in [0.717, 1.165) is 29.9 Å². The average molecular weight is 432 g/mol. The van der Waals surface area contributed by atoms with Crippen molar-refractivity contribution in [2.24, 2.45) is 11.8 Å². The number of carbonyl (C=O) groups excluding carboxylic acids is 1. The Labute approximate surface area is 191 Å². The van der Waals surface area contributed by atoms with Gasteiger partial charge in [-0.2, -0.15) is 0 Å².